The number of nitrogens with zero attached hydrogens (tertiary/aromatic N) is 6. The van der Waals surface area contributed by atoms with E-state index in [0.717, 1.165) is 11.1 Å². The molecule has 0 saturated carbocycles. The smallest absolute Gasteiger partial charge is 0.243 e. The Bertz CT molecular complexity index is 1500. The minimum Gasteiger partial charge on any atom is -0.494 e. The highest BCUT2D eigenvalue weighted by Crippen LogP contribution is 2.38. The summed E-state index contributed by atoms with van der Waals surface area (Å²) in [6.45, 7) is 5.24. The van der Waals surface area contributed by atoms with Crippen LogP contribution in [0.2, 0.25) is 0 Å². The molecule has 0 spiro atoms. The predicted octanol–water partition coefficient (Wildman–Crippen LogP) is 3.27. The van der Waals surface area contributed by atoms with Gasteiger partial charge in [-0.25, -0.2) is 18.4 Å². The van der Waals surface area contributed by atoms with Crippen LogP contribution in [-0.2, 0) is 14.8 Å². The third kappa shape index (κ3) is 5.29. The summed E-state index contributed by atoms with van der Waals surface area (Å²) in [5.74, 6) is 1.34. The maximum Gasteiger partial charge on any atom is 0.243 e. The molecule has 0 amide bonds. The van der Waals surface area contributed by atoms with Gasteiger partial charge in [-0.3, -0.25) is 14.3 Å². The van der Waals surface area contributed by atoms with Gasteiger partial charge < -0.3 is 14.2 Å². The predicted molar refractivity (Wildman–Crippen MR) is 141 cm³/mol. The molecule has 38 heavy (non-hydrogen) atoms. The lowest BCUT2D eigenvalue weighted by atomic mass is 10.2. The molecule has 13 heteroatoms. The van der Waals surface area contributed by atoms with E-state index in [1.807, 2.05) is 19.9 Å². The number of hydrogen-bond acceptors (Lipinski definition) is 10. The molecule has 1 aromatic carbocycles. The van der Waals surface area contributed by atoms with Crippen molar-refractivity contribution >= 4 is 16.0 Å². The molecule has 3 heterocycles. The molecule has 0 saturated heterocycles. The molecule has 0 unspecified atom stereocenters. The van der Waals surface area contributed by atoms with Gasteiger partial charge in [0, 0.05) is 37.5 Å². The lowest BCUT2D eigenvalue weighted by Crippen LogP contribution is -2.33. The van der Waals surface area contributed by atoms with E-state index in [9.17, 15) is 8.42 Å². The van der Waals surface area contributed by atoms with E-state index in [-0.39, 0.29) is 11.8 Å². The summed E-state index contributed by atoms with van der Waals surface area (Å²) in [6.07, 6.45) is 5.59. The van der Waals surface area contributed by atoms with Crippen LogP contribution in [0.5, 0.6) is 11.5 Å². The molecule has 1 N–H and O–H groups in total. The largest absolute Gasteiger partial charge is 0.494 e. The van der Waals surface area contributed by atoms with Crippen molar-refractivity contribution in [3.8, 4) is 28.6 Å². The van der Waals surface area contributed by atoms with E-state index in [4.69, 9.17) is 14.2 Å². The summed E-state index contributed by atoms with van der Waals surface area (Å²) in [5, 5.41) is 7.41. The number of anilines is 1. The van der Waals surface area contributed by atoms with E-state index >= 15 is 0 Å². The lowest BCUT2D eigenvalue weighted by molar-refractivity contribution is 0.0949. The summed E-state index contributed by atoms with van der Waals surface area (Å²) < 4.78 is 48.1. The average molecular weight is 540 g/mol. The topological polar surface area (TPSA) is 143 Å². The van der Waals surface area contributed by atoms with Gasteiger partial charge in [-0.2, -0.15) is 0 Å². The third-order valence-electron chi connectivity index (χ3n) is 5.88. The van der Waals surface area contributed by atoms with Gasteiger partial charge in [0.2, 0.25) is 16.0 Å². The molecule has 0 radical (unpaired) electrons. The quantitative estimate of drug-likeness (QED) is 0.319. The van der Waals surface area contributed by atoms with Crippen LogP contribution in [0.25, 0.3) is 17.1 Å². The number of nitrogens with one attached hydrogen (secondary N) is 1. The number of benzene rings is 1. The summed E-state index contributed by atoms with van der Waals surface area (Å²) >= 11 is 0. The van der Waals surface area contributed by atoms with Crippen LogP contribution in [0.15, 0.2) is 49.1 Å². The first kappa shape index (κ1) is 26.9. The molecule has 0 aliphatic carbocycles. The van der Waals surface area contributed by atoms with E-state index in [0.29, 0.717) is 28.6 Å². The van der Waals surface area contributed by atoms with Gasteiger partial charge in [0.05, 0.1) is 14.2 Å². The Morgan fingerprint density at radius 2 is 1.58 bits per heavy atom. The van der Waals surface area contributed by atoms with Crippen LogP contribution in [0.3, 0.4) is 0 Å². The number of aromatic nitrogens is 6. The second kappa shape index (κ2) is 11.1. The Morgan fingerprint density at radius 1 is 0.921 bits per heavy atom. The first-order valence-electron chi connectivity index (χ1n) is 11.6. The zero-order valence-corrected chi connectivity index (χ0v) is 22.7. The van der Waals surface area contributed by atoms with Gasteiger partial charge >= 0.3 is 0 Å². The Hall–Kier alpha value is -4.10. The van der Waals surface area contributed by atoms with Gasteiger partial charge in [0.15, 0.2) is 11.6 Å². The molecular formula is C25H29N7O5S. The first-order valence-corrected chi connectivity index (χ1v) is 13.2. The van der Waals surface area contributed by atoms with E-state index in [1.54, 1.807) is 43.0 Å². The average Bonchev–Trinajstić information content (AvgIpc) is 3.31. The molecule has 4 aromatic rings. The van der Waals surface area contributed by atoms with Crippen LogP contribution in [0.4, 0.5) is 5.95 Å². The van der Waals surface area contributed by atoms with Crippen molar-refractivity contribution in [2.75, 3.05) is 26.1 Å². The van der Waals surface area contributed by atoms with Crippen molar-refractivity contribution in [2.24, 2.45) is 0 Å². The maximum atomic E-state index is 13.6. The Morgan fingerprint density at radius 3 is 2.16 bits per heavy atom. The molecule has 0 fully saturated rings. The Balaban J connectivity index is 1.84. The number of pyridine rings is 1. The number of aryl methyl sites for hydroxylation is 2. The standard InChI is InChI=1S/C25H29N7O5S/c1-15-10-18(14-26-11-15)24-29-30-25(32(24)21-19(35-4)8-7-9-20(21)36-5)31-38(33,34)17(3)22(37-6)23-27-12-16(2)13-28-23/h7-14,17,22H,1-6H3,(H,30,31)/t17-,22-/m0/s1. The number of para-hydroxylation sites is 1. The van der Waals surface area contributed by atoms with Gasteiger partial charge in [-0.1, -0.05) is 6.07 Å². The third-order valence-corrected chi connectivity index (χ3v) is 7.57. The number of ether oxygens (including phenoxy) is 3. The second-order valence-electron chi connectivity index (χ2n) is 8.57. The fraction of sp³-hybridized carbons (Fsp3) is 0.320. The molecule has 0 aliphatic heterocycles. The molecule has 12 nitrogen and oxygen atoms in total. The normalized spacial score (nSPS) is 13.1. The van der Waals surface area contributed by atoms with Crippen LogP contribution in [0, 0.1) is 13.8 Å². The molecular weight excluding hydrogens is 510 g/mol. The summed E-state index contributed by atoms with van der Waals surface area (Å²) in [5.41, 5.74) is 2.76. The number of hydrogen-bond donors (Lipinski definition) is 1. The molecule has 2 atom stereocenters. The van der Waals surface area contributed by atoms with E-state index in [2.05, 4.69) is 29.9 Å². The zero-order chi connectivity index (χ0) is 27.4. The van der Waals surface area contributed by atoms with Crippen LogP contribution >= 0.6 is 0 Å². The Kier molecular flexibility index (Phi) is 7.88. The second-order valence-corrected chi connectivity index (χ2v) is 10.6. The van der Waals surface area contributed by atoms with Gasteiger partial charge in [0.1, 0.15) is 28.5 Å². The zero-order valence-electron chi connectivity index (χ0n) is 21.9. The minimum absolute atomic E-state index is 0.0733. The number of methoxy groups -OCH3 is 3. The van der Waals surface area contributed by atoms with E-state index in [1.165, 1.54) is 32.8 Å². The van der Waals surface area contributed by atoms with Crippen molar-refractivity contribution in [1.29, 1.82) is 0 Å². The van der Waals surface area contributed by atoms with Crippen molar-refractivity contribution in [2.45, 2.75) is 32.1 Å². The molecule has 0 bridgehead atoms. The molecule has 4 rings (SSSR count). The highest BCUT2D eigenvalue weighted by molar-refractivity contribution is 7.93. The Labute approximate surface area is 221 Å². The summed E-state index contributed by atoms with van der Waals surface area (Å²) in [4.78, 5) is 12.8. The fourth-order valence-corrected chi connectivity index (χ4v) is 5.05. The summed E-state index contributed by atoms with van der Waals surface area (Å²) in [7, 11) is 0.317. The van der Waals surface area contributed by atoms with Crippen LogP contribution in [-0.4, -0.2) is 64.7 Å². The SMILES string of the molecule is COc1cccc(OC)c1-n1c(NS(=O)(=O)[C@@H](C)[C@H](OC)c2ncc(C)cn2)nnc1-c1cncc(C)c1. The molecule has 3 aromatic heterocycles. The van der Waals surface area contributed by atoms with Crippen LogP contribution in [0.1, 0.15) is 30.0 Å². The maximum absolute atomic E-state index is 13.6. The minimum atomic E-state index is -4.11. The van der Waals surface area contributed by atoms with Gasteiger partial charge in [0.25, 0.3) is 0 Å². The lowest BCUT2D eigenvalue weighted by Gasteiger charge is -2.23. The first-order chi connectivity index (χ1) is 18.2. The molecule has 0 aliphatic rings. The van der Waals surface area contributed by atoms with Crippen LogP contribution < -0.4 is 14.2 Å². The molecule has 200 valence electrons. The fourth-order valence-electron chi connectivity index (χ4n) is 3.92. The highest BCUT2D eigenvalue weighted by Gasteiger charge is 2.35. The monoisotopic (exact) mass is 539 g/mol. The summed E-state index contributed by atoms with van der Waals surface area (Å²) in [6, 6.07) is 7.08. The van der Waals surface area contributed by atoms with Gasteiger partial charge in [-0.05, 0) is 50.1 Å². The van der Waals surface area contributed by atoms with Crippen molar-refractivity contribution in [1.82, 2.24) is 29.7 Å². The number of rotatable bonds is 10. The highest BCUT2D eigenvalue weighted by atomic mass is 32.2. The number of sulfonamides is 1. The van der Waals surface area contributed by atoms with E-state index < -0.39 is 21.4 Å². The van der Waals surface area contributed by atoms with Crippen molar-refractivity contribution in [3.05, 3.63) is 66.0 Å². The van der Waals surface area contributed by atoms with Crippen molar-refractivity contribution < 1.29 is 22.6 Å². The van der Waals surface area contributed by atoms with Crippen molar-refractivity contribution in [3.63, 3.8) is 0 Å². The van der Waals surface area contributed by atoms with Gasteiger partial charge in [-0.15, -0.1) is 10.2 Å².